The SMILES string of the molecule is CC(C)CNC(=O)/C(C#N)=C\Nc1c(Cl)cccc1Cl. The second kappa shape index (κ2) is 7.78. The maximum absolute atomic E-state index is 11.8. The van der Waals surface area contributed by atoms with E-state index in [0.717, 1.165) is 0 Å². The monoisotopic (exact) mass is 311 g/mol. The van der Waals surface area contributed by atoms with E-state index < -0.39 is 5.91 Å². The molecule has 0 fully saturated rings. The van der Waals surface area contributed by atoms with Gasteiger partial charge in [-0.3, -0.25) is 4.79 Å². The molecule has 4 nitrogen and oxygen atoms in total. The Morgan fingerprint density at radius 1 is 1.40 bits per heavy atom. The molecule has 2 N–H and O–H groups in total. The molecule has 0 saturated carbocycles. The number of hydrogen-bond donors (Lipinski definition) is 2. The molecule has 0 saturated heterocycles. The number of amides is 1. The van der Waals surface area contributed by atoms with E-state index in [2.05, 4.69) is 10.6 Å². The van der Waals surface area contributed by atoms with Gasteiger partial charge in [0.2, 0.25) is 0 Å². The number of carbonyl (C=O) groups excluding carboxylic acids is 1. The van der Waals surface area contributed by atoms with Gasteiger partial charge in [-0.05, 0) is 18.1 Å². The third-order valence-corrected chi connectivity index (χ3v) is 2.99. The van der Waals surface area contributed by atoms with Gasteiger partial charge >= 0.3 is 0 Å². The lowest BCUT2D eigenvalue weighted by atomic mass is 10.2. The summed E-state index contributed by atoms with van der Waals surface area (Å²) in [5.74, 6) is -0.123. The zero-order valence-electron chi connectivity index (χ0n) is 11.2. The molecule has 1 rings (SSSR count). The lowest BCUT2D eigenvalue weighted by Gasteiger charge is -2.08. The van der Waals surface area contributed by atoms with Gasteiger partial charge in [0.05, 0.1) is 15.7 Å². The van der Waals surface area contributed by atoms with Crippen molar-refractivity contribution >= 4 is 34.8 Å². The molecule has 1 aromatic carbocycles. The number of nitrogens with one attached hydrogen (secondary N) is 2. The van der Waals surface area contributed by atoms with E-state index in [-0.39, 0.29) is 5.57 Å². The number of halogens is 2. The van der Waals surface area contributed by atoms with Gasteiger partial charge in [-0.15, -0.1) is 0 Å². The van der Waals surface area contributed by atoms with Gasteiger partial charge in [0.15, 0.2) is 0 Å². The van der Waals surface area contributed by atoms with Gasteiger partial charge in [0.1, 0.15) is 11.6 Å². The summed E-state index contributed by atoms with van der Waals surface area (Å²) in [5, 5.41) is 15.3. The molecule has 0 aliphatic rings. The van der Waals surface area contributed by atoms with E-state index in [0.29, 0.717) is 28.2 Å². The Morgan fingerprint density at radius 3 is 2.50 bits per heavy atom. The van der Waals surface area contributed by atoms with Gasteiger partial charge in [0.25, 0.3) is 5.91 Å². The standard InChI is InChI=1S/C14H15Cl2N3O/c1-9(2)7-19-14(20)10(6-17)8-18-13-11(15)4-3-5-12(13)16/h3-5,8-9,18H,7H2,1-2H3,(H,19,20)/b10-8-. The summed E-state index contributed by atoms with van der Waals surface area (Å²) < 4.78 is 0. The van der Waals surface area contributed by atoms with Crippen LogP contribution < -0.4 is 10.6 Å². The fourth-order valence-electron chi connectivity index (χ4n) is 1.32. The zero-order chi connectivity index (χ0) is 15.1. The number of hydrogen-bond acceptors (Lipinski definition) is 3. The Kier molecular flexibility index (Phi) is 6.37. The van der Waals surface area contributed by atoms with Crippen LogP contribution in [0, 0.1) is 17.2 Å². The minimum atomic E-state index is -0.433. The first-order valence-electron chi connectivity index (χ1n) is 6.04. The molecular formula is C14H15Cl2N3O. The third kappa shape index (κ3) is 4.76. The molecule has 106 valence electrons. The largest absolute Gasteiger partial charge is 0.358 e. The molecule has 0 unspecified atom stereocenters. The average Bonchev–Trinajstić information content (AvgIpc) is 2.39. The van der Waals surface area contributed by atoms with Crippen molar-refractivity contribution in [3.63, 3.8) is 0 Å². The Hall–Kier alpha value is -1.70. The van der Waals surface area contributed by atoms with Crippen molar-refractivity contribution < 1.29 is 4.79 Å². The predicted octanol–water partition coefficient (Wildman–Crippen LogP) is 3.58. The van der Waals surface area contributed by atoms with Crippen LogP contribution in [0.2, 0.25) is 10.0 Å². The van der Waals surface area contributed by atoms with Crippen molar-refractivity contribution in [2.24, 2.45) is 5.92 Å². The topological polar surface area (TPSA) is 64.9 Å². The average molecular weight is 312 g/mol. The summed E-state index contributed by atoms with van der Waals surface area (Å²) in [7, 11) is 0. The van der Waals surface area contributed by atoms with E-state index in [9.17, 15) is 4.79 Å². The normalized spacial score (nSPS) is 11.1. The van der Waals surface area contributed by atoms with Crippen molar-refractivity contribution in [2.75, 3.05) is 11.9 Å². The molecule has 6 heteroatoms. The van der Waals surface area contributed by atoms with Crippen LogP contribution in [-0.4, -0.2) is 12.5 Å². The number of para-hydroxylation sites is 1. The van der Waals surface area contributed by atoms with Crippen molar-refractivity contribution in [2.45, 2.75) is 13.8 Å². The van der Waals surface area contributed by atoms with E-state index in [1.165, 1.54) is 6.20 Å². The smallest absolute Gasteiger partial charge is 0.263 e. The lowest BCUT2D eigenvalue weighted by Crippen LogP contribution is -2.28. The van der Waals surface area contributed by atoms with Crippen LogP contribution in [0.1, 0.15) is 13.8 Å². The summed E-state index contributed by atoms with van der Waals surface area (Å²) in [6, 6.07) is 6.87. The number of benzene rings is 1. The number of rotatable bonds is 5. The lowest BCUT2D eigenvalue weighted by molar-refractivity contribution is -0.117. The van der Waals surface area contributed by atoms with Crippen LogP contribution in [0.3, 0.4) is 0 Å². The molecule has 1 aromatic rings. The Bertz CT molecular complexity index is 542. The van der Waals surface area contributed by atoms with Gasteiger partial charge in [-0.25, -0.2) is 0 Å². The van der Waals surface area contributed by atoms with E-state index in [1.807, 2.05) is 19.9 Å². The first-order chi connectivity index (χ1) is 9.45. The highest BCUT2D eigenvalue weighted by atomic mass is 35.5. The third-order valence-electron chi connectivity index (χ3n) is 2.36. The van der Waals surface area contributed by atoms with E-state index in [1.54, 1.807) is 18.2 Å². The molecule has 0 heterocycles. The Labute approximate surface area is 128 Å². The van der Waals surface area contributed by atoms with Crippen molar-refractivity contribution in [1.82, 2.24) is 5.32 Å². The first kappa shape index (κ1) is 16.4. The summed E-state index contributed by atoms with van der Waals surface area (Å²) in [4.78, 5) is 11.8. The van der Waals surface area contributed by atoms with Gasteiger partial charge in [0, 0.05) is 12.7 Å². The highest BCUT2D eigenvalue weighted by Crippen LogP contribution is 2.29. The Morgan fingerprint density at radius 2 is 2.00 bits per heavy atom. The molecule has 0 bridgehead atoms. The molecule has 0 spiro atoms. The molecule has 0 atom stereocenters. The Balaban J connectivity index is 2.81. The predicted molar refractivity (Wildman–Crippen MR) is 81.6 cm³/mol. The fraction of sp³-hybridized carbons (Fsp3) is 0.286. The molecule has 0 aliphatic carbocycles. The molecule has 0 aromatic heterocycles. The zero-order valence-corrected chi connectivity index (χ0v) is 12.7. The fourth-order valence-corrected chi connectivity index (χ4v) is 1.83. The quantitative estimate of drug-likeness (QED) is 0.645. The summed E-state index contributed by atoms with van der Waals surface area (Å²) in [6.45, 7) is 4.44. The number of nitrogens with zero attached hydrogens (tertiary/aromatic N) is 1. The highest BCUT2D eigenvalue weighted by molar-refractivity contribution is 6.39. The number of carbonyl (C=O) groups is 1. The highest BCUT2D eigenvalue weighted by Gasteiger charge is 2.10. The second-order valence-corrected chi connectivity index (χ2v) is 5.33. The molecule has 20 heavy (non-hydrogen) atoms. The summed E-state index contributed by atoms with van der Waals surface area (Å²) >= 11 is 12.0. The maximum Gasteiger partial charge on any atom is 0.263 e. The minimum Gasteiger partial charge on any atom is -0.358 e. The van der Waals surface area contributed by atoms with Gasteiger partial charge < -0.3 is 10.6 Å². The molecular weight excluding hydrogens is 297 g/mol. The van der Waals surface area contributed by atoms with Crippen LogP contribution in [0.4, 0.5) is 5.69 Å². The van der Waals surface area contributed by atoms with Crippen LogP contribution in [-0.2, 0) is 4.79 Å². The molecule has 0 radical (unpaired) electrons. The van der Waals surface area contributed by atoms with E-state index >= 15 is 0 Å². The number of nitriles is 1. The van der Waals surface area contributed by atoms with Crippen LogP contribution in [0.25, 0.3) is 0 Å². The van der Waals surface area contributed by atoms with Crippen molar-refractivity contribution in [3.05, 3.63) is 40.0 Å². The van der Waals surface area contributed by atoms with Crippen LogP contribution in [0.15, 0.2) is 30.0 Å². The molecule has 1 amide bonds. The summed E-state index contributed by atoms with van der Waals surface area (Å²) in [6.07, 6.45) is 1.29. The molecule has 0 aliphatic heterocycles. The number of anilines is 1. The maximum atomic E-state index is 11.8. The van der Waals surface area contributed by atoms with Crippen molar-refractivity contribution in [1.29, 1.82) is 5.26 Å². The van der Waals surface area contributed by atoms with Gasteiger partial charge in [-0.2, -0.15) is 5.26 Å². The van der Waals surface area contributed by atoms with Crippen molar-refractivity contribution in [3.8, 4) is 6.07 Å². The van der Waals surface area contributed by atoms with Crippen LogP contribution >= 0.6 is 23.2 Å². The second-order valence-electron chi connectivity index (χ2n) is 4.51. The van der Waals surface area contributed by atoms with E-state index in [4.69, 9.17) is 28.5 Å². The summed E-state index contributed by atoms with van der Waals surface area (Å²) in [5.41, 5.74) is 0.418. The first-order valence-corrected chi connectivity index (χ1v) is 6.80. The van der Waals surface area contributed by atoms with Gasteiger partial charge in [-0.1, -0.05) is 43.1 Å². The minimum absolute atomic E-state index is 0.0402. The van der Waals surface area contributed by atoms with Crippen LogP contribution in [0.5, 0.6) is 0 Å².